The molecule has 1 nitrogen and oxygen atoms in total. The first-order chi connectivity index (χ1) is 6.68. The minimum absolute atomic E-state index is 0.272. The molecule has 0 saturated heterocycles. The van der Waals surface area contributed by atoms with Gasteiger partial charge in [0.05, 0.1) is 0 Å². The zero-order valence-corrected chi connectivity index (χ0v) is 10.5. The number of rotatable bonds is 5. The topological polar surface area (TPSA) is 17.1 Å². The van der Waals surface area contributed by atoms with Gasteiger partial charge >= 0.3 is 0 Å². The van der Waals surface area contributed by atoms with Gasteiger partial charge in [0.25, 0.3) is 0 Å². The maximum atomic E-state index is 10.7. The SMILES string of the molecule is CC(=O)CCSCc1ccc(Br)cc1. The zero-order valence-electron chi connectivity index (χ0n) is 8.13. The van der Waals surface area contributed by atoms with Crippen molar-refractivity contribution in [2.75, 3.05) is 5.75 Å². The molecule has 0 radical (unpaired) electrons. The first-order valence-corrected chi connectivity index (χ1v) is 6.45. The Morgan fingerprint density at radius 3 is 2.57 bits per heavy atom. The summed E-state index contributed by atoms with van der Waals surface area (Å²) in [5.74, 6) is 2.18. The molecule has 0 amide bonds. The fourth-order valence-electron chi connectivity index (χ4n) is 0.987. The largest absolute Gasteiger partial charge is 0.300 e. The van der Waals surface area contributed by atoms with Crippen molar-refractivity contribution >= 4 is 33.5 Å². The molecule has 76 valence electrons. The normalized spacial score (nSPS) is 10.1. The van der Waals surface area contributed by atoms with Crippen LogP contribution in [0.15, 0.2) is 28.7 Å². The van der Waals surface area contributed by atoms with Crippen LogP contribution in [0.4, 0.5) is 0 Å². The zero-order chi connectivity index (χ0) is 10.4. The van der Waals surface area contributed by atoms with Crippen LogP contribution in [0.2, 0.25) is 0 Å². The van der Waals surface area contributed by atoms with E-state index in [0.717, 1.165) is 16.0 Å². The van der Waals surface area contributed by atoms with Crippen molar-refractivity contribution in [2.24, 2.45) is 0 Å². The van der Waals surface area contributed by atoms with Crippen molar-refractivity contribution in [1.82, 2.24) is 0 Å². The van der Waals surface area contributed by atoms with Gasteiger partial charge in [-0.15, -0.1) is 0 Å². The number of thioether (sulfide) groups is 1. The lowest BCUT2D eigenvalue weighted by Crippen LogP contribution is -1.92. The summed E-state index contributed by atoms with van der Waals surface area (Å²) in [5.41, 5.74) is 1.31. The number of halogens is 1. The second kappa shape index (κ2) is 6.25. The van der Waals surface area contributed by atoms with E-state index in [1.807, 2.05) is 12.1 Å². The molecule has 0 spiro atoms. The molecule has 0 heterocycles. The van der Waals surface area contributed by atoms with Gasteiger partial charge in [-0.05, 0) is 24.6 Å². The number of Topliss-reactive ketones (excluding diaryl/α,β-unsaturated/α-hetero) is 1. The molecule has 14 heavy (non-hydrogen) atoms. The molecule has 0 aliphatic rings. The van der Waals surface area contributed by atoms with Gasteiger partial charge in [-0.2, -0.15) is 11.8 Å². The quantitative estimate of drug-likeness (QED) is 0.761. The lowest BCUT2D eigenvalue weighted by molar-refractivity contribution is -0.116. The van der Waals surface area contributed by atoms with E-state index >= 15 is 0 Å². The highest BCUT2D eigenvalue weighted by molar-refractivity contribution is 9.10. The summed E-state index contributed by atoms with van der Waals surface area (Å²) in [5, 5.41) is 0. The van der Waals surface area contributed by atoms with Crippen LogP contribution in [-0.2, 0) is 10.5 Å². The van der Waals surface area contributed by atoms with Crippen LogP contribution in [-0.4, -0.2) is 11.5 Å². The molecule has 3 heteroatoms. The van der Waals surface area contributed by atoms with Crippen molar-refractivity contribution in [2.45, 2.75) is 19.1 Å². The second-order valence-corrected chi connectivity index (χ2v) is 5.15. The van der Waals surface area contributed by atoms with Crippen LogP contribution in [0.3, 0.4) is 0 Å². The summed E-state index contributed by atoms with van der Waals surface area (Å²) < 4.78 is 1.11. The van der Waals surface area contributed by atoms with E-state index in [-0.39, 0.29) is 5.78 Å². The molecular weight excluding hydrogens is 260 g/mol. The summed E-state index contributed by atoms with van der Waals surface area (Å²) in [6.07, 6.45) is 0.682. The predicted molar refractivity (Wildman–Crippen MR) is 65.6 cm³/mol. The van der Waals surface area contributed by atoms with E-state index in [2.05, 4.69) is 28.1 Å². The Labute approximate surface area is 97.4 Å². The molecule has 0 aliphatic carbocycles. The van der Waals surface area contributed by atoms with Crippen molar-refractivity contribution < 1.29 is 4.79 Å². The Morgan fingerprint density at radius 2 is 2.00 bits per heavy atom. The monoisotopic (exact) mass is 272 g/mol. The van der Waals surface area contributed by atoms with Gasteiger partial charge in [0, 0.05) is 22.4 Å². The number of ketones is 1. The average molecular weight is 273 g/mol. The van der Waals surface area contributed by atoms with Gasteiger partial charge in [-0.3, -0.25) is 4.79 Å². The minimum Gasteiger partial charge on any atom is -0.300 e. The Kier molecular flexibility index (Phi) is 5.26. The van der Waals surface area contributed by atoms with E-state index in [1.54, 1.807) is 18.7 Å². The van der Waals surface area contributed by atoms with Crippen LogP contribution < -0.4 is 0 Å². The molecule has 0 aromatic heterocycles. The lowest BCUT2D eigenvalue weighted by atomic mass is 10.2. The molecular formula is C11H13BrOS. The molecule has 0 atom stereocenters. The Hall–Kier alpha value is -0.280. The molecule has 0 unspecified atom stereocenters. The summed E-state index contributed by atoms with van der Waals surface area (Å²) in [6.45, 7) is 1.64. The molecule has 1 rings (SSSR count). The van der Waals surface area contributed by atoms with Crippen LogP contribution >= 0.6 is 27.7 Å². The number of benzene rings is 1. The Bertz CT molecular complexity index is 295. The van der Waals surface area contributed by atoms with E-state index in [4.69, 9.17) is 0 Å². The fraction of sp³-hybridized carbons (Fsp3) is 0.364. The van der Waals surface area contributed by atoms with Crippen LogP contribution in [0.5, 0.6) is 0 Å². The fourth-order valence-corrected chi connectivity index (χ4v) is 2.26. The molecule has 1 aromatic carbocycles. The molecule has 1 aromatic rings. The van der Waals surface area contributed by atoms with Gasteiger partial charge in [-0.25, -0.2) is 0 Å². The Morgan fingerprint density at radius 1 is 1.36 bits per heavy atom. The van der Waals surface area contributed by atoms with E-state index < -0.39 is 0 Å². The maximum absolute atomic E-state index is 10.7. The first-order valence-electron chi connectivity index (χ1n) is 4.50. The maximum Gasteiger partial charge on any atom is 0.130 e. The number of hydrogen-bond donors (Lipinski definition) is 0. The van der Waals surface area contributed by atoms with Crippen LogP contribution in [0, 0.1) is 0 Å². The third-order valence-electron chi connectivity index (χ3n) is 1.78. The molecule has 0 aliphatic heterocycles. The van der Waals surface area contributed by atoms with Gasteiger partial charge in [0.15, 0.2) is 0 Å². The highest BCUT2D eigenvalue weighted by Gasteiger charge is 1.96. The molecule has 0 bridgehead atoms. The van der Waals surface area contributed by atoms with E-state index in [9.17, 15) is 4.79 Å². The van der Waals surface area contributed by atoms with Gasteiger partial charge in [0.2, 0.25) is 0 Å². The minimum atomic E-state index is 0.272. The number of hydrogen-bond acceptors (Lipinski definition) is 2. The standard InChI is InChI=1S/C11H13BrOS/c1-9(13)6-7-14-8-10-2-4-11(12)5-3-10/h2-5H,6-8H2,1H3. The van der Waals surface area contributed by atoms with Crippen molar-refractivity contribution in [3.63, 3.8) is 0 Å². The smallest absolute Gasteiger partial charge is 0.130 e. The van der Waals surface area contributed by atoms with E-state index in [1.165, 1.54) is 5.56 Å². The summed E-state index contributed by atoms with van der Waals surface area (Å²) >= 11 is 5.20. The van der Waals surface area contributed by atoms with Crippen LogP contribution in [0.1, 0.15) is 18.9 Å². The van der Waals surface area contributed by atoms with Crippen molar-refractivity contribution in [3.05, 3.63) is 34.3 Å². The third kappa shape index (κ3) is 4.82. The lowest BCUT2D eigenvalue weighted by Gasteiger charge is -2.00. The molecule has 0 fully saturated rings. The van der Waals surface area contributed by atoms with Crippen LogP contribution in [0.25, 0.3) is 0 Å². The summed E-state index contributed by atoms with van der Waals surface area (Å²) in [4.78, 5) is 10.7. The molecule has 0 N–H and O–H groups in total. The predicted octanol–water partition coefficient (Wildman–Crippen LogP) is 3.66. The van der Waals surface area contributed by atoms with Gasteiger partial charge in [-0.1, -0.05) is 28.1 Å². The van der Waals surface area contributed by atoms with Crippen molar-refractivity contribution in [1.29, 1.82) is 0 Å². The second-order valence-electron chi connectivity index (χ2n) is 3.13. The Balaban J connectivity index is 2.25. The summed E-state index contributed by atoms with van der Waals surface area (Å²) in [6, 6.07) is 8.29. The summed E-state index contributed by atoms with van der Waals surface area (Å²) in [7, 11) is 0. The highest BCUT2D eigenvalue weighted by atomic mass is 79.9. The number of carbonyl (C=O) groups excluding carboxylic acids is 1. The molecule has 0 saturated carbocycles. The third-order valence-corrected chi connectivity index (χ3v) is 3.34. The average Bonchev–Trinajstić information content (AvgIpc) is 2.15. The highest BCUT2D eigenvalue weighted by Crippen LogP contribution is 2.16. The van der Waals surface area contributed by atoms with Gasteiger partial charge in [0.1, 0.15) is 5.78 Å². The first kappa shape index (κ1) is 11.8. The number of carbonyl (C=O) groups is 1. The van der Waals surface area contributed by atoms with E-state index in [0.29, 0.717) is 6.42 Å². The van der Waals surface area contributed by atoms with Crippen molar-refractivity contribution in [3.8, 4) is 0 Å². The van der Waals surface area contributed by atoms with Gasteiger partial charge < -0.3 is 0 Å².